The van der Waals surface area contributed by atoms with Crippen molar-refractivity contribution in [2.24, 2.45) is 0 Å². The summed E-state index contributed by atoms with van der Waals surface area (Å²) < 4.78 is 14.7. The summed E-state index contributed by atoms with van der Waals surface area (Å²) in [5.41, 5.74) is 2.68. The largest absolute Gasteiger partial charge is 0.598 e. The highest BCUT2D eigenvalue weighted by Crippen LogP contribution is 2.11. The first kappa shape index (κ1) is 13.7. The fourth-order valence-electron chi connectivity index (χ4n) is 2.11. The second kappa shape index (κ2) is 7.62. The van der Waals surface area contributed by atoms with Crippen molar-refractivity contribution in [2.45, 2.75) is 32.1 Å². The van der Waals surface area contributed by atoms with Crippen LogP contribution in [0.1, 0.15) is 36.8 Å². The van der Waals surface area contributed by atoms with Crippen LogP contribution in [0.4, 0.5) is 0 Å². The Labute approximate surface area is 113 Å². The van der Waals surface area contributed by atoms with Crippen LogP contribution in [0.3, 0.4) is 0 Å². The molecule has 2 rings (SSSR count). The van der Waals surface area contributed by atoms with Crippen LogP contribution >= 0.6 is 0 Å². The summed E-state index contributed by atoms with van der Waals surface area (Å²) in [6, 6.07) is 8.72. The smallest absolute Gasteiger partial charge is 0.125 e. The van der Waals surface area contributed by atoms with E-state index in [9.17, 15) is 4.55 Å². The molecular formula is C15H21NOS. The number of nitrogens with one attached hydrogen (secondary N) is 1. The minimum Gasteiger partial charge on any atom is -0.598 e. The van der Waals surface area contributed by atoms with E-state index in [-0.39, 0.29) is 0 Å². The highest BCUT2D eigenvalue weighted by Gasteiger charge is 2.05. The summed E-state index contributed by atoms with van der Waals surface area (Å²) in [4.78, 5) is 0. The Morgan fingerprint density at radius 2 is 2.11 bits per heavy atom. The maximum absolute atomic E-state index is 11.6. The Morgan fingerprint density at radius 3 is 3.06 bits per heavy atom. The Morgan fingerprint density at radius 1 is 1.17 bits per heavy atom. The first-order chi connectivity index (χ1) is 8.84. The Bertz CT molecular complexity index is 392. The molecule has 0 aromatic heterocycles. The van der Waals surface area contributed by atoms with Gasteiger partial charge in [0.05, 0.1) is 0 Å². The van der Waals surface area contributed by atoms with Gasteiger partial charge in [0.2, 0.25) is 0 Å². The zero-order valence-electron chi connectivity index (χ0n) is 10.7. The van der Waals surface area contributed by atoms with Crippen LogP contribution in [0.25, 0.3) is 6.08 Å². The Kier molecular flexibility index (Phi) is 5.78. The molecule has 2 bridgehead atoms. The molecule has 1 aliphatic rings. The van der Waals surface area contributed by atoms with Crippen LogP contribution in [0.5, 0.6) is 0 Å². The Hall–Kier alpha value is -0.770. The molecule has 1 atom stereocenters. The predicted molar refractivity (Wildman–Crippen MR) is 78.7 cm³/mol. The third-order valence-electron chi connectivity index (χ3n) is 3.12. The Balaban J connectivity index is 2.00. The zero-order chi connectivity index (χ0) is 12.6. The second-order valence-corrected chi connectivity index (χ2v) is 6.08. The quantitative estimate of drug-likeness (QED) is 0.730. The minimum atomic E-state index is -0.840. The van der Waals surface area contributed by atoms with Gasteiger partial charge in [-0.1, -0.05) is 36.4 Å². The van der Waals surface area contributed by atoms with Crippen molar-refractivity contribution >= 4 is 17.4 Å². The van der Waals surface area contributed by atoms with Crippen molar-refractivity contribution in [3.8, 4) is 0 Å². The van der Waals surface area contributed by atoms with Crippen LogP contribution in [-0.2, 0) is 17.8 Å². The third kappa shape index (κ3) is 4.84. The van der Waals surface area contributed by atoms with Gasteiger partial charge in [0.25, 0.3) is 0 Å². The number of hydrogen-bond acceptors (Lipinski definition) is 2. The number of aryl methyl sites for hydroxylation is 1. The fraction of sp³-hybridized carbons (Fsp3) is 0.467. The van der Waals surface area contributed by atoms with E-state index in [0.29, 0.717) is 0 Å². The van der Waals surface area contributed by atoms with Crippen LogP contribution in [-0.4, -0.2) is 16.9 Å². The van der Waals surface area contributed by atoms with Gasteiger partial charge < -0.3 is 4.55 Å². The molecule has 0 aliphatic carbocycles. The van der Waals surface area contributed by atoms with Gasteiger partial charge in [-0.15, -0.1) is 4.72 Å². The maximum atomic E-state index is 11.6. The molecule has 2 nitrogen and oxygen atoms in total. The van der Waals surface area contributed by atoms with Crippen molar-refractivity contribution in [1.82, 2.24) is 4.72 Å². The van der Waals surface area contributed by atoms with Crippen LogP contribution in [0.15, 0.2) is 30.3 Å². The number of benzene rings is 1. The summed E-state index contributed by atoms with van der Waals surface area (Å²) in [7, 11) is 0. The normalized spacial score (nSPS) is 22.4. The van der Waals surface area contributed by atoms with E-state index in [1.807, 2.05) is 0 Å². The number of rotatable bonds is 0. The molecule has 0 radical (unpaired) electrons. The molecule has 1 aromatic rings. The summed E-state index contributed by atoms with van der Waals surface area (Å²) in [5.74, 6) is 0.773. The van der Waals surface area contributed by atoms with Crippen LogP contribution < -0.4 is 4.72 Å². The van der Waals surface area contributed by atoms with Gasteiger partial charge in [-0.3, -0.25) is 0 Å². The van der Waals surface area contributed by atoms with E-state index in [2.05, 4.69) is 41.1 Å². The van der Waals surface area contributed by atoms with E-state index in [1.165, 1.54) is 11.1 Å². The lowest BCUT2D eigenvalue weighted by atomic mass is 10.0. The number of fused-ring (bicyclic) bond motifs is 2. The first-order valence-electron chi connectivity index (χ1n) is 6.72. The molecular weight excluding hydrogens is 242 g/mol. The molecule has 0 fully saturated rings. The second-order valence-electron chi connectivity index (χ2n) is 4.69. The summed E-state index contributed by atoms with van der Waals surface area (Å²) in [6.45, 7) is 0.844. The first-order valence-corrected chi connectivity index (χ1v) is 8.04. The maximum Gasteiger partial charge on any atom is 0.125 e. The molecule has 3 heteroatoms. The molecule has 1 unspecified atom stereocenters. The monoisotopic (exact) mass is 263 g/mol. The lowest BCUT2D eigenvalue weighted by Gasteiger charge is -2.11. The average Bonchev–Trinajstić information content (AvgIpc) is 2.38. The summed E-state index contributed by atoms with van der Waals surface area (Å²) in [5, 5.41) is 0. The van der Waals surface area contributed by atoms with Crippen molar-refractivity contribution in [3.05, 3.63) is 41.5 Å². The van der Waals surface area contributed by atoms with Gasteiger partial charge in [-0.05, 0) is 43.2 Å². The van der Waals surface area contributed by atoms with E-state index >= 15 is 0 Å². The van der Waals surface area contributed by atoms with E-state index in [0.717, 1.165) is 44.4 Å². The minimum absolute atomic E-state index is 0.773. The van der Waals surface area contributed by atoms with Gasteiger partial charge in [0.15, 0.2) is 0 Å². The van der Waals surface area contributed by atoms with Gasteiger partial charge >= 0.3 is 0 Å². The van der Waals surface area contributed by atoms with E-state index in [1.54, 1.807) is 0 Å². The molecule has 98 valence electrons. The third-order valence-corrected chi connectivity index (χ3v) is 4.30. The SMILES string of the molecule is [O-][S+]1CCCCc2cccc(c2)C=CCCCN1. The molecule has 0 saturated carbocycles. The van der Waals surface area contributed by atoms with E-state index in [4.69, 9.17) is 0 Å². The average molecular weight is 263 g/mol. The van der Waals surface area contributed by atoms with Crippen LogP contribution in [0, 0.1) is 0 Å². The lowest BCUT2D eigenvalue weighted by molar-refractivity contribution is 0.574. The van der Waals surface area contributed by atoms with Gasteiger partial charge in [0, 0.05) is 17.9 Å². The van der Waals surface area contributed by atoms with Gasteiger partial charge in [0.1, 0.15) is 5.75 Å². The highest BCUT2D eigenvalue weighted by atomic mass is 32.2. The zero-order valence-corrected chi connectivity index (χ0v) is 11.5. The molecule has 1 heterocycles. The van der Waals surface area contributed by atoms with Crippen LogP contribution in [0.2, 0.25) is 0 Å². The van der Waals surface area contributed by atoms with Crippen molar-refractivity contribution in [1.29, 1.82) is 0 Å². The lowest BCUT2D eigenvalue weighted by Crippen LogP contribution is -2.27. The number of hydrogen-bond donors (Lipinski definition) is 1. The molecule has 1 N–H and O–H groups in total. The predicted octanol–water partition coefficient (Wildman–Crippen LogP) is 3.07. The van der Waals surface area contributed by atoms with Crippen molar-refractivity contribution < 1.29 is 4.55 Å². The topological polar surface area (TPSA) is 35.1 Å². The number of allylic oxidation sites excluding steroid dienone is 1. The fourth-order valence-corrected chi connectivity index (χ4v) is 3.09. The summed E-state index contributed by atoms with van der Waals surface area (Å²) >= 11 is -0.840. The molecule has 1 aliphatic heterocycles. The highest BCUT2D eigenvalue weighted by molar-refractivity contribution is 7.89. The van der Waals surface area contributed by atoms with Crippen molar-refractivity contribution in [3.63, 3.8) is 0 Å². The summed E-state index contributed by atoms with van der Waals surface area (Å²) in [6.07, 6.45) is 9.69. The molecule has 0 amide bonds. The molecule has 18 heavy (non-hydrogen) atoms. The standard InChI is InChI=1S/C15H21NOS/c17-18-12-5-3-8-15-10-6-9-14(13-15)7-2-1-4-11-16-18/h2,6-7,9-10,13,16H,1,3-5,8,11-12H2. The molecule has 1 aromatic carbocycles. The van der Waals surface area contributed by atoms with E-state index < -0.39 is 11.4 Å². The van der Waals surface area contributed by atoms with Gasteiger partial charge in [-0.25, -0.2) is 0 Å². The van der Waals surface area contributed by atoms with Crippen molar-refractivity contribution in [2.75, 3.05) is 12.3 Å². The molecule has 0 saturated heterocycles. The molecule has 0 spiro atoms. The van der Waals surface area contributed by atoms with Gasteiger partial charge in [-0.2, -0.15) is 0 Å².